The second-order valence-corrected chi connectivity index (χ2v) is 10.4. The maximum atomic E-state index is 12.7. The van der Waals surface area contributed by atoms with Gasteiger partial charge in [-0.2, -0.15) is 4.31 Å². The number of piperidine rings is 1. The van der Waals surface area contributed by atoms with Crippen molar-refractivity contribution in [3.63, 3.8) is 0 Å². The maximum Gasteiger partial charge on any atom is 0.252 e. The highest BCUT2D eigenvalue weighted by molar-refractivity contribution is 7.91. The maximum absolute atomic E-state index is 12.7. The van der Waals surface area contributed by atoms with Crippen LogP contribution in [-0.2, 0) is 21.2 Å². The number of rotatable bonds is 5. The molecule has 1 aromatic heterocycles. The van der Waals surface area contributed by atoms with E-state index in [-0.39, 0.29) is 32.3 Å². The number of nitrogens with one attached hydrogen (secondary N) is 1. The molecule has 0 atom stereocenters. The first kappa shape index (κ1) is 20.4. The van der Waals surface area contributed by atoms with Crippen molar-refractivity contribution in [2.24, 2.45) is 0 Å². The third-order valence-corrected chi connectivity index (χ3v) is 8.32. The van der Waals surface area contributed by atoms with Crippen LogP contribution in [0.4, 0.5) is 11.4 Å². The summed E-state index contributed by atoms with van der Waals surface area (Å²) in [4.78, 5) is 12.9. The molecule has 2 heterocycles. The molecule has 0 spiro atoms. The Hall–Kier alpha value is -1.32. The number of carbonyl (C=O) groups is 1. The van der Waals surface area contributed by atoms with E-state index >= 15 is 0 Å². The van der Waals surface area contributed by atoms with Crippen LogP contribution >= 0.6 is 34.5 Å². The minimum Gasteiger partial charge on any atom is -0.396 e. The van der Waals surface area contributed by atoms with Gasteiger partial charge in [-0.25, -0.2) is 8.42 Å². The molecular weight excluding hydrogens is 429 g/mol. The van der Waals surface area contributed by atoms with Gasteiger partial charge < -0.3 is 11.1 Å². The molecule has 1 aromatic carbocycles. The molecule has 1 amide bonds. The number of thiophene rings is 1. The lowest BCUT2D eigenvalue weighted by atomic mass is 10.2. The Labute approximate surface area is 172 Å². The number of nitrogen functional groups attached to an aromatic ring is 1. The van der Waals surface area contributed by atoms with E-state index < -0.39 is 10.0 Å². The second-order valence-electron chi connectivity index (χ2n) is 6.26. The number of nitrogens with zero attached hydrogens (tertiary/aromatic N) is 1. The number of amides is 1. The van der Waals surface area contributed by atoms with Crippen LogP contribution in [0.25, 0.3) is 0 Å². The van der Waals surface area contributed by atoms with Crippen molar-refractivity contribution < 1.29 is 13.2 Å². The predicted molar refractivity (Wildman–Crippen MR) is 110 cm³/mol. The topological polar surface area (TPSA) is 92.5 Å². The van der Waals surface area contributed by atoms with Crippen molar-refractivity contribution in [1.29, 1.82) is 0 Å². The zero-order valence-corrected chi connectivity index (χ0v) is 17.5. The lowest BCUT2D eigenvalue weighted by molar-refractivity contribution is -0.115. The van der Waals surface area contributed by atoms with Crippen molar-refractivity contribution in [3.05, 3.63) is 39.2 Å². The first-order valence-electron chi connectivity index (χ1n) is 8.40. The highest BCUT2D eigenvalue weighted by Gasteiger charge is 2.27. The van der Waals surface area contributed by atoms with Crippen molar-refractivity contribution in [2.45, 2.75) is 29.9 Å². The number of hydrogen-bond acceptors (Lipinski definition) is 5. The molecule has 3 rings (SSSR count). The SMILES string of the molecule is Nc1c(Cl)cc(NC(=O)Cc2ccc(S(=O)(=O)N3CCCCC3)s2)cc1Cl. The van der Waals surface area contributed by atoms with E-state index in [9.17, 15) is 13.2 Å². The van der Waals surface area contributed by atoms with Crippen LogP contribution in [0.1, 0.15) is 24.1 Å². The summed E-state index contributed by atoms with van der Waals surface area (Å²) in [5.41, 5.74) is 6.36. The van der Waals surface area contributed by atoms with Gasteiger partial charge in [0.15, 0.2) is 0 Å². The highest BCUT2D eigenvalue weighted by Crippen LogP contribution is 2.31. The molecule has 10 heteroatoms. The van der Waals surface area contributed by atoms with Crippen molar-refractivity contribution in [3.8, 4) is 0 Å². The Morgan fingerprint density at radius 2 is 1.78 bits per heavy atom. The first-order chi connectivity index (χ1) is 12.8. The predicted octanol–water partition coefficient (Wildman–Crippen LogP) is 3.99. The van der Waals surface area contributed by atoms with Crippen LogP contribution < -0.4 is 11.1 Å². The number of benzene rings is 1. The normalized spacial score (nSPS) is 15.6. The molecule has 6 nitrogen and oxygen atoms in total. The van der Waals surface area contributed by atoms with E-state index in [0.29, 0.717) is 23.7 Å². The summed E-state index contributed by atoms with van der Waals surface area (Å²) in [6.45, 7) is 1.10. The number of carbonyl (C=O) groups excluding carboxylic acids is 1. The molecule has 27 heavy (non-hydrogen) atoms. The number of sulfonamides is 1. The smallest absolute Gasteiger partial charge is 0.252 e. The fourth-order valence-electron chi connectivity index (χ4n) is 2.84. The number of halogens is 2. The van der Waals surface area contributed by atoms with Gasteiger partial charge >= 0.3 is 0 Å². The Balaban J connectivity index is 1.67. The van der Waals surface area contributed by atoms with Crippen LogP contribution in [0.3, 0.4) is 0 Å². The molecular formula is C17H19Cl2N3O3S2. The Morgan fingerprint density at radius 3 is 2.41 bits per heavy atom. The molecule has 3 N–H and O–H groups in total. The quantitative estimate of drug-likeness (QED) is 0.677. The van der Waals surface area contributed by atoms with Crippen LogP contribution in [0, 0.1) is 0 Å². The van der Waals surface area contributed by atoms with E-state index in [2.05, 4.69) is 5.32 Å². The molecule has 146 valence electrons. The Kier molecular flexibility index (Phi) is 6.32. The van der Waals surface area contributed by atoms with Gasteiger partial charge in [-0.1, -0.05) is 29.6 Å². The Bertz CT molecular complexity index is 931. The second kappa shape index (κ2) is 8.36. The molecule has 1 saturated heterocycles. The molecule has 1 fully saturated rings. The standard InChI is InChI=1S/C17H19Cl2N3O3S2/c18-13-8-11(9-14(19)17(13)20)21-15(23)10-12-4-5-16(26-12)27(24,25)22-6-2-1-3-7-22/h4-5,8-9H,1-3,6-7,10,20H2,(H,21,23). The van der Waals surface area contributed by atoms with E-state index in [1.165, 1.54) is 16.4 Å². The summed E-state index contributed by atoms with van der Waals surface area (Å²) >= 11 is 13.0. The van der Waals surface area contributed by atoms with Gasteiger partial charge in [-0.05, 0) is 37.1 Å². The zero-order chi connectivity index (χ0) is 19.6. The fourth-order valence-corrected chi connectivity index (χ4v) is 6.36. The summed E-state index contributed by atoms with van der Waals surface area (Å²) in [5.74, 6) is -0.296. The van der Waals surface area contributed by atoms with Gasteiger partial charge in [0, 0.05) is 23.7 Å². The molecule has 1 aliphatic rings. The van der Waals surface area contributed by atoms with Crippen molar-refractivity contribution in [1.82, 2.24) is 4.31 Å². The number of hydrogen-bond donors (Lipinski definition) is 2. The molecule has 2 aromatic rings. The molecule has 0 unspecified atom stereocenters. The van der Waals surface area contributed by atoms with Crippen LogP contribution in [-0.4, -0.2) is 31.7 Å². The fraction of sp³-hybridized carbons (Fsp3) is 0.353. The summed E-state index contributed by atoms with van der Waals surface area (Å²) in [5, 5.41) is 3.20. The summed E-state index contributed by atoms with van der Waals surface area (Å²) in [7, 11) is -3.48. The molecule has 0 bridgehead atoms. The molecule has 0 saturated carbocycles. The van der Waals surface area contributed by atoms with Gasteiger partial charge in [-0.15, -0.1) is 11.3 Å². The zero-order valence-electron chi connectivity index (χ0n) is 14.4. The Morgan fingerprint density at radius 1 is 1.15 bits per heavy atom. The summed E-state index contributed by atoms with van der Waals surface area (Å²) in [6.07, 6.45) is 2.88. The largest absolute Gasteiger partial charge is 0.396 e. The number of anilines is 2. The van der Waals surface area contributed by atoms with Crippen molar-refractivity contribution in [2.75, 3.05) is 24.1 Å². The third kappa shape index (κ3) is 4.75. The van der Waals surface area contributed by atoms with Gasteiger partial charge in [0.05, 0.1) is 22.2 Å². The molecule has 0 radical (unpaired) electrons. The minimum absolute atomic E-state index is 0.0554. The summed E-state index contributed by atoms with van der Waals surface area (Å²) in [6, 6.07) is 6.26. The van der Waals surface area contributed by atoms with Crippen molar-refractivity contribution >= 4 is 61.8 Å². The van der Waals surface area contributed by atoms with E-state index in [0.717, 1.165) is 30.6 Å². The molecule has 1 aliphatic heterocycles. The van der Waals surface area contributed by atoms with E-state index in [1.807, 2.05) is 0 Å². The molecule has 0 aliphatic carbocycles. The van der Waals surface area contributed by atoms with Gasteiger partial charge in [0.2, 0.25) is 5.91 Å². The lowest BCUT2D eigenvalue weighted by Crippen LogP contribution is -2.35. The monoisotopic (exact) mass is 447 g/mol. The van der Waals surface area contributed by atoms with E-state index in [4.69, 9.17) is 28.9 Å². The third-order valence-electron chi connectivity index (χ3n) is 4.24. The van der Waals surface area contributed by atoms with E-state index in [1.54, 1.807) is 12.1 Å². The minimum atomic E-state index is -3.48. The average molecular weight is 448 g/mol. The first-order valence-corrected chi connectivity index (χ1v) is 11.4. The van der Waals surface area contributed by atoms with Gasteiger partial charge in [0.1, 0.15) is 4.21 Å². The van der Waals surface area contributed by atoms with Gasteiger partial charge in [-0.3, -0.25) is 4.79 Å². The highest BCUT2D eigenvalue weighted by atomic mass is 35.5. The van der Waals surface area contributed by atoms with Crippen LogP contribution in [0.15, 0.2) is 28.5 Å². The summed E-state index contributed by atoms with van der Waals surface area (Å²) < 4.78 is 27.1. The lowest BCUT2D eigenvalue weighted by Gasteiger charge is -2.25. The van der Waals surface area contributed by atoms with Crippen LogP contribution in [0.2, 0.25) is 10.0 Å². The number of nitrogens with two attached hydrogens (primary N) is 1. The van der Waals surface area contributed by atoms with Crippen LogP contribution in [0.5, 0.6) is 0 Å². The van der Waals surface area contributed by atoms with Gasteiger partial charge in [0.25, 0.3) is 10.0 Å². The average Bonchev–Trinajstić information content (AvgIpc) is 3.09.